The summed E-state index contributed by atoms with van der Waals surface area (Å²) in [7, 11) is 3.09. The Morgan fingerprint density at radius 3 is 2.71 bits per heavy atom. The minimum atomic E-state index is -0.459. The molecule has 148 valence electrons. The Morgan fingerprint density at radius 1 is 1.29 bits per heavy atom. The first-order valence-corrected chi connectivity index (χ1v) is 9.40. The highest BCUT2D eigenvalue weighted by atomic mass is 19.1. The number of methoxy groups -OCH3 is 1. The second kappa shape index (κ2) is 8.42. The number of halogens is 1. The Hall–Kier alpha value is -2.89. The molecule has 1 aliphatic rings. The van der Waals surface area contributed by atoms with Gasteiger partial charge in [-0.15, -0.1) is 0 Å². The molecule has 0 N–H and O–H groups in total. The van der Waals surface area contributed by atoms with Crippen LogP contribution in [0.1, 0.15) is 24.5 Å². The standard InChI is InChI=1S/C22H25FN2O3/c1-4-16-7-5-6-8-19(16)25-14-17(12-21(25)26)22(27)24(2)13-15-9-10-20(28-3)18(23)11-15/h5-11,17H,4,12-14H2,1-3H3. The van der Waals surface area contributed by atoms with Gasteiger partial charge in [0.2, 0.25) is 11.8 Å². The molecule has 0 bridgehead atoms. The number of rotatable bonds is 6. The van der Waals surface area contributed by atoms with Crippen LogP contribution < -0.4 is 9.64 Å². The lowest BCUT2D eigenvalue weighted by Crippen LogP contribution is -2.34. The summed E-state index contributed by atoms with van der Waals surface area (Å²) < 4.78 is 18.8. The van der Waals surface area contributed by atoms with Crippen molar-refractivity contribution >= 4 is 17.5 Å². The molecule has 0 radical (unpaired) electrons. The monoisotopic (exact) mass is 384 g/mol. The van der Waals surface area contributed by atoms with Crippen LogP contribution in [0.3, 0.4) is 0 Å². The second-order valence-corrected chi connectivity index (χ2v) is 7.05. The van der Waals surface area contributed by atoms with Gasteiger partial charge in [0.25, 0.3) is 0 Å². The molecule has 6 heteroatoms. The predicted octanol–water partition coefficient (Wildman–Crippen LogP) is 3.41. The summed E-state index contributed by atoms with van der Waals surface area (Å²) >= 11 is 0. The first kappa shape index (κ1) is 19.9. The van der Waals surface area contributed by atoms with E-state index in [2.05, 4.69) is 0 Å². The van der Waals surface area contributed by atoms with Crippen LogP contribution in [0.25, 0.3) is 0 Å². The van der Waals surface area contributed by atoms with Gasteiger partial charge in [-0.05, 0) is 35.7 Å². The van der Waals surface area contributed by atoms with Crippen molar-refractivity contribution in [3.05, 3.63) is 59.4 Å². The number of anilines is 1. The van der Waals surface area contributed by atoms with Crippen LogP contribution in [-0.4, -0.2) is 37.4 Å². The third kappa shape index (κ3) is 4.01. The van der Waals surface area contributed by atoms with E-state index in [0.717, 1.165) is 17.7 Å². The third-order valence-corrected chi connectivity index (χ3v) is 5.15. The zero-order valence-electron chi connectivity index (χ0n) is 16.4. The molecule has 1 atom stereocenters. The van der Waals surface area contributed by atoms with Crippen LogP contribution in [0, 0.1) is 11.7 Å². The Labute approximate surface area is 164 Å². The van der Waals surface area contributed by atoms with Gasteiger partial charge in [0.15, 0.2) is 11.6 Å². The molecule has 28 heavy (non-hydrogen) atoms. The first-order chi connectivity index (χ1) is 13.4. The number of benzene rings is 2. The molecule has 1 unspecified atom stereocenters. The average Bonchev–Trinajstić information content (AvgIpc) is 3.08. The fraction of sp³-hybridized carbons (Fsp3) is 0.364. The van der Waals surface area contributed by atoms with Gasteiger partial charge in [-0.1, -0.05) is 31.2 Å². The van der Waals surface area contributed by atoms with Crippen molar-refractivity contribution in [3.63, 3.8) is 0 Å². The van der Waals surface area contributed by atoms with Crippen LogP contribution >= 0.6 is 0 Å². The Morgan fingerprint density at radius 2 is 2.04 bits per heavy atom. The molecule has 1 fully saturated rings. The number of ether oxygens (including phenoxy) is 1. The first-order valence-electron chi connectivity index (χ1n) is 9.40. The van der Waals surface area contributed by atoms with Crippen LogP contribution in [-0.2, 0) is 22.6 Å². The molecular formula is C22H25FN2O3. The molecule has 2 aromatic rings. The van der Waals surface area contributed by atoms with E-state index < -0.39 is 11.7 Å². The molecule has 2 amide bonds. The molecule has 0 aliphatic carbocycles. The van der Waals surface area contributed by atoms with Gasteiger partial charge in [-0.25, -0.2) is 4.39 Å². The van der Waals surface area contributed by atoms with Crippen molar-refractivity contribution in [2.45, 2.75) is 26.3 Å². The van der Waals surface area contributed by atoms with Crippen molar-refractivity contribution in [3.8, 4) is 5.75 Å². The number of hydrogen-bond acceptors (Lipinski definition) is 3. The zero-order valence-corrected chi connectivity index (χ0v) is 16.4. The maximum Gasteiger partial charge on any atom is 0.228 e. The van der Waals surface area contributed by atoms with Gasteiger partial charge in [0, 0.05) is 32.2 Å². The molecule has 0 saturated carbocycles. The topological polar surface area (TPSA) is 49.9 Å². The Balaban J connectivity index is 1.69. The van der Waals surface area contributed by atoms with Gasteiger partial charge in [0.05, 0.1) is 13.0 Å². The quantitative estimate of drug-likeness (QED) is 0.767. The van der Waals surface area contributed by atoms with E-state index in [-0.39, 0.29) is 30.5 Å². The van der Waals surface area contributed by atoms with Gasteiger partial charge in [-0.2, -0.15) is 0 Å². The van der Waals surface area contributed by atoms with E-state index in [1.165, 1.54) is 13.2 Å². The molecule has 0 aromatic heterocycles. The van der Waals surface area contributed by atoms with E-state index >= 15 is 0 Å². The number of para-hydroxylation sites is 1. The summed E-state index contributed by atoms with van der Waals surface area (Å²) in [6, 6.07) is 12.4. The minimum absolute atomic E-state index is 0.0388. The summed E-state index contributed by atoms with van der Waals surface area (Å²) in [5.41, 5.74) is 2.64. The molecule has 0 spiro atoms. The number of amides is 2. The largest absolute Gasteiger partial charge is 0.494 e. The van der Waals surface area contributed by atoms with Gasteiger partial charge >= 0.3 is 0 Å². The van der Waals surface area contributed by atoms with E-state index in [1.807, 2.05) is 31.2 Å². The number of carbonyl (C=O) groups is 2. The Kier molecular flexibility index (Phi) is 5.97. The summed E-state index contributed by atoms with van der Waals surface area (Å²) in [4.78, 5) is 28.7. The lowest BCUT2D eigenvalue weighted by molar-refractivity contribution is -0.135. The maximum absolute atomic E-state index is 13.9. The fourth-order valence-corrected chi connectivity index (χ4v) is 3.65. The maximum atomic E-state index is 13.9. The summed E-state index contributed by atoms with van der Waals surface area (Å²) in [6.45, 7) is 2.69. The van der Waals surface area contributed by atoms with Gasteiger partial charge in [-0.3, -0.25) is 9.59 Å². The van der Waals surface area contributed by atoms with Crippen molar-refractivity contribution in [1.29, 1.82) is 0 Å². The van der Waals surface area contributed by atoms with Crippen LogP contribution in [0.15, 0.2) is 42.5 Å². The molecule has 1 heterocycles. The van der Waals surface area contributed by atoms with Crippen molar-refractivity contribution in [2.75, 3.05) is 25.6 Å². The number of hydrogen-bond donors (Lipinski definition) is 0. The van der Waals surface area contributed by atoms with Crippen molar-refractivity contribution in [1.82, 2.24) is 4.90 Å². The predicted molar refractivity (Wildman–Crippen MR) is 106 cm³/mol. The molecule has 1 aliphatic heterocycles. The number of aryl methyl sites for hydroxylation is 1. The van der Waals surface area contributed by atoms with Crippen molar-refractivity contribution in [2.24, 2.45) is 5.92 Å². The van der Waals surface area contributed by atoms with Gasteiger partial charge < -0.3 is 14.5 Å². The molecule has 2 aromatic carbocycles. The van der Waals surface area contributed by atoms with Crippen LogP contribution in [0.5, 0.6) is 5.75 Å². The molecule has 1 saturated heterocycles. The SMILES string of the molecule is CCc1ccccc1N1CC(C(=O)N(C)Cc2ccc(OC)c(F)c2)CC1=O. The van der Waals surface area contributed by atoms with Crippen LogP contribution in [0.4, 0.5) is 10.1 Å². The molecule has 5 nitrogen and oxygen atoms in total. The summed E-state index contributed by atoms with van der Waals surface area (Å²) in [6.07, 6.45) is 1.01. The molecular weight excluding hydrogens is 359 g/mol. The smallest absolute Gasteiger partial charge is 0.228 e. The lowest BCUT2D eigenvalue weighted by Gasteiger charge is -2.23. The van der Waals surface area contributed by atoms with Gasteiger partial charge in [0.1, 0.15) is 0 Å². The normalized spacial score (nSPS) is 16.4. The highest BCUT2D eigenvalue weighted by Gasteiger charge is 2.37. The van der Waals surface area contributed by atoms with E-state index in [1.54, 1.807) is 29.0 Å². The number of carbonyl (C=O) groups excluding carboxylic acids is 2. The second-order valence-electron chi connectivity index (χ2n) is 7.05. The summed E-state index contributed by atoms with van der Waals surface area (Å²) in [5, 5.41) is 0. The molecule has 3 rings (SSSR count). The summed E-state index contributed by atoms with van der Waals surface area (Å²) in [5.74, 6) is -0.835. The average molecular weight is 384 g/mol. The van der Waals surface area contributed by atoms with E-state index in [9.17, 15) is 14.0 Å². The lowest BCUT2D eigenvalue weighted by atomic mass is 10.1. The zero-order chi connectivity index (χ0) is 20.3. The Bertz CT molecular complexity index is 884. The fourth-order valence-electron chi connectivity index (χ4n) is 3.65. The highest BCUT2D eigenvalue weighted by molar-refractivity contribution is 6.00. The number of nitrogens with zero attached hydrogens (tertiary/aromatic N) is 2. The minimum Gasteiger partial charge on any atom is -0.494 e. The van der Waals surface area contributed by atoms with Crippen molar-refractivity contribution < 1.29 is 18.7 Å². The highest BCUT2D eigenvalue weighted by Crippen LogP contribution is 2.29. The van der Waals surface area contributed by atoms with E-state index in [4.69, 9.17) is 4.74 Å². The van der Waals surface area contributed by atoms with E-state index in [0.29, 0.717) is 12.1 Å². The third-order valence-electron chi connectivity index (χ3n) is 5.15. The van der Waals surface area contributed by atoms with Crippen LogP contribution in [0.2, 0.25) is 0 Å².